The van der Waals surface area contributed by atoms with Gasteiger partial charge in [-0.15, -0.1) is 0 Å². The number of rotatable bonds is 0. The molecule has 0 aliphatic rings. The Morgan fingerprint density at radius 3 is 2.29 bits per heavy atom. The normalized spacial score (nSPS) is 5.71. The third-order valence-electron chi connectivity index (χ3n) is 0.372. The predicted octanol–water partition coefficient (Wildman–Crippen LogP) is 0.672. The zero-order chi connectivity index (χ0) is 3.54. The van der Waals surface area contributed by atoms with Crippen molar-refractivity contribution in [3.05, 3.63) is 18.5 Å². The smallest absolute Gasteiger partial charge is 0.00194 e. The molecule has 0 saturated carbocycles. The van der Waals surface area contributed by atoms with E-state index in [4.69, 9.17) is 0 Å². The molecule has 1 aromatic heterocycles. The third kappa shape index (κ3) is 3.56. The Balaban J connectivity index is 0. The first-order chi connectivity index (χ1) is 2.50. The van der Waals surface area contributed by atoms with Gasteiger partial charge in [-0.1, -0.05) is 13.5 Å². The molecule has 0 unspecified atom stereocenters. The standard InChI is InChI=1S/C3H3N2.CH4.Fe/c1-2-4-5-3-1;;/h1-3H;1H4;/q-1;;. The van der Waals surface area contributed by atoms with E-state index < -0.39 is 0 Å². The summed E-state index contributed by atoms with van der Waals surface area (Å²) >= 11 is 0. The topological polar surface area (TPSA) is 27.0 Å². The maximum absolute atomic E-state index is 3.47. The monoisotopic (exact) mass is 139 g/mol. The summed E-state index contributed by atoms with van der Waals surface area (Å²) in [5, 5.41) is 6.94. The van der Waals surface area contributed by atoms with Crippen LogP contribution in [0.25, 0.3) is 0 Å². The molecule has 3 heteroatoms. The minimum Gasteiger partial charge on any atom is -0.582 e. The molecule has 0 saturated heterocycles. The van der Waals surface area contributed by atoms with Crippen LogP contribution in [0.1, 0.15) is 7.43 Å². The molecule has 7 heavy (non-hydrogen) atoms. The maximum atomic E-state index is 3.47. The van der Waals surface area contributed by atoms with Crippen molar-refractivity contribution in [3.8, 4) is 0 Å². The Morgan fingerprint density at radius 1 is 1.43 bits per heavy atom. The van der Waals surface area contributed by atoms with Gasteiger partial charge in [-0.25, -0.2) is 0 Å². The van der Waals surface area contributed by atoms with Gasteiger partial charge in [0.05, 0.1) is 0 Å². The van der Waals surface area contributed by atoms with Crippen LogP contribution in [0, 0.1) is 0 Å². The summed E-state index contributed by atoms with van der Waals surface area (Å²) in [5.74, 6) is 0. The second kappa shape index (κ2) is 5.73. The Kier molecular flexibility index (Phi) is 8.08. The van der Waals surface area contributed by atoms with E-state index in [2.05, 4.69) is 10.2 Å². The molecule has 1 aromatic rings. The van der Waals surface area contributed by atoms with Crippen LogP contribution in [-0.4, -0.2) is 5.10 Å². The van der Waals surface area contributed by atoms with Crippen molar-refractivity contribution in [1.29, 1.82) is 0 Å². The summed E-state index contributed by atoms with van der Waals surface area (Å²) in [7, 11) is 0. The van der Waals surface area contributed by atoms with Crippen molar-refractivity contribution < 1.29 is 17.1 Å². The van der Waals surface area contributed by atoms with E-state index in [-0.39, 0.29) is 24.5 Å². The molecule has 0 aliphatic heterocycles. The van der Waals surface area contributed by atoms with E-state index in [0.717, 1.165) is 0 Å². The van der Waals surface area contributed by atoms with Gasteiger partial charge in [0.25, 0.3) is 0 Å². The molecule has 0 fully saturated rings. The summed E-state index contributed by atoms with van der Waals surface area (Å²) in [6, 6.07) is 1.78. The van der Waals surface area contributed by atoms with Crippen LogP contribution in [0.15, 0.2) is 18.5 Å². The van der Waals surface area contributed by atoms with Crippen LogP contribution in [-0.2, 0) is 17.1 Å². The molecule has 42 valence electrons. The van der Waals surface area contributed by atoms with Crippen molar-refractivity contribution in [2.45, 2.75) is 7.43 Å². The van der Waals surface area contributed by atoms with Gasteiger partial charge in [-0.3, -0.25) is 0 Å². The fourth-order valence-corrected chi connectivity index (χ4v) is 0.192. The summed E-state index contributed by atoms with van der Waals surface area (Å²) in [4.78, 5) is 0. The van der Waals surface area contributed by atoms with Crippen LogP contribution in [0.2, 0.25) is 0 Å². The van der Waals surface area contributed by atoms with E-state index in [9.17, 15) is 0 Å². The van der Waals surface area contributed by atoms with E-state index in [1.165, 1.54) is 0 Å². The largest absolute Gasteiger partial charge is 0.582 e. The summed E-state index contributed by atoms with van der Waals surface area (Å²) in [6.07, 6.45) is 3.28. The first kappa shape index (κ1) is 9.88. The van der Waals surface area contributed by atoms with Crippen molar-refractivity contribution in [2.24, 2.45) is 0 Å². The van der Waals surface area contributed by atoms with Gasteiger partial charge < -0.3 is 10.2 Å². The Labute approximate surface area is 53.8 Å². The van der Waals surface area contributed by atoms with E-state index >= 15 is 0 Å². The van der Waals surface area contributed by atoms with Crippen LogP contribution in [0.3, 0.4) is 0 Å². The SMILES string of the molecule is C.[Fe].c1cn[n-]c1. The van der Waals surface area contributed by atoms with Crippen molar-refractivity contribution >= 4 is 0 Å². The van der Waals surface area contributed by atoms with Gasteiger partial charge in [0.2, 0.25) is 0 Å². The van der Waals surface area contributed by atoms with Crippen LogP contribution in [0.4, 0.5) is 0 Å². The quantitative estimate of drug-likeness (QED) is 0.494. The van der Waals surface area contributed by atoms with E-state index in [0.29, 0.717) is 0 Å². The minimum absolute atomic E-state index is 0. The van der Waals surface area contributed by atoms with Crippen molar-refractivity contribution in [2.75, 3.05) is 0 Å². The second-order valence-corrected chi connectivity index (χ2v) is 0.722. The predicted molar refractivity (Wildman–Crippen MR) is 24.3 cm³/mol. The molecule has 1 rings (SSSR count). The van der Waals surface area contributed by atoms with E-state index in [1.54, 1.807) is 18.5 Å². The number of aromatic nitrogens is 2. The molecule has 0 radical (unpaired) electrons. The van der Waals surface area contributed by atoms with Crippen LogP contribution in [0.5, 0.6) is 0 Å². The molecular weight excluding hydrogens is 132 g/mol. The summed E-state index contributed by atoms with van der Waals surface area (Å²) < 4.78 is 0. The van der Waals surface area contributed by atoms with E-state index in [1.807, 2.05) is 0 Å². The van der Waals surface area contributed by atoms with Crippen molar-refractivity contribution in [3.63, 3.8) is 0 Å². The number of hydrogen-bond acceptors (Lipinski definition) is 1. The molecular formula is C4H7FeN2-. The third-order valence-corrected chi connectivity index (χ3v) is 0.372. The van der Waals surface area contributed by atoms with Gasteiger partial charge in [0, 0.05) is 23.3 Å². The zero-order valence-electron chi connectivity index (χ0n) is 2.98. The zero-order valence-corrected chi connectivity index (χ0v) is 4.08. The van der Waals surface area contributed by atoms with Gasteiger partial charge in [0.15, 0.2) is 0 Å². The molecule has 0 N–H and O–H groups in total. The molecule has 0 atom stereocenters. The minimum atomic E-state index is 0. The maximum Gasteiger partial charge on any atom is 0.00194 e. The first-order valence-electron chi connectivity index (χ1n) is 1.38. The average Bonchev–Trinajstić information content (AvgIpc) is 1.76. The molecule has 0 aliphatic carbocycles. The van der Waals surface area contributed by atoms with Gasteiger partial charge in [-0.05, 0) is 0 Å². The van der Waals surface area contributed by atoms with Crippen molar-refractivity contribution in [1.82, 2.24) is 10.2 Å². The molecule has 0 aromatic carbocycles. The number of hydrogen-bond donors (Lipinski definition) is 0. The number of nitrogens with zero attached hydrogens (tertiary/aromatic N) is 2. The molecule has 2 nitrogen and oxygen atoms in total. The van der Waals surface area contributed by atoms with Gasteiger partial charge in [0.1, 0.15) is 0 Å². The van der Waals surface area contributed by atoms with Crippen LogP contribution < -0.4 is 5.10 Å². The molecule has 0 bridgehead atoms. The fourth-order valence-electron chi connectivity index (χ4n) is 0.192. The summed E-state index contributed by atoms with van der Waals surface area (Å²) in [5.41, 5.74) is 0. The fraction of sp³-hybridized carbons (Fsp3) is 0.250. The second-order valence-electron chi connectivity index (χ2n) is 0.722. The Hall–Kier alpha value is -0.271. The average molecular weight is 139 g/mol. The first-order valence-corrected chi connectivity index (χ1v) is 1.38. The Morgan fingerprint density at radius 2 is 2.14 bits per heavy atom. The van der Waals surface area contributed by atoms with Gasteiger partial charge in [-0.2, -0.15) is 6.20 Å². The summed E-state index contributed by atoms with van der Waals surface area (Å²) in [6.45, 7) is 0. The van der Waals surface area contributed by atoms with Crippen LogP contribution >= 0.6 is 0 Å². The molecule has 0 amide bonds. The van der Waals surface area contributed by atoms with Gasteiger partial charge >= 0.3 is 0 Å². The Bertz CT molecular complexity index is 66.2. The molecule has 0 spiro atoms. The molecule has 1 heterocycles.